The fourth-order valence-corrected chi connectivity index (χ4v) is 2.94. The minimum atomic E-state index is 0.520. The maximum atomic E-state index is 6.10. The van der Waals surface area contributed by atoms with E-state index in [0.717, 1.165) is 22.3 Å². The Labute approximate surface area is 135 Å². The second-order valence-corrected chi connectivity index (χ2v) is 6.23. The summed E-state index contributed by atoms with van der Waals surface area (Å²) >= 11 is 15.6. The first-order valence-corrected chi connectivity index (χ1v) is 7.66. The summed E-state index contributed by atoms with van der Waals surface area (Å²) in [6, 6.07) is 12.1. The van der Waals surface area contributed by atoms with Crippen molar-refractivity contribution in [1.29, 1.82) is 0 Å². The van der Waals surface area contributed by atoms with E-state index in [0.29, 0.717) is 10.0 Å². The Morgan fingerprint density at radius 3 is 2.45 bits per heavy atom. The summed E-state index contributed by atoms with van der Waals surface area (Å²) in [5, 5.41) is 1.06. The molecule has 0 aliphatic carbocycles. The SMILES string of the molecule is Cc1ccc(Cn2c(Br)nc3cc(Cl)c(Cl)cc32)cc1. The Morgan fingerprint density at radius 1 is 1.10 bits per heavy atom. The van der Waals surface area contributed by atoms with Crippen molar-refractivity contribution in [2.24, 2.45) is 0 Å². The predicted molar refractivity (Wildman–Crippen MR) is 87.7 cm³/mol. The van der Waals surface area contributed by atoms with Gasteiger partial charge in [0, 0.05) is 0 Å². The molecule has 0 amide bonds. The molecule has 0 fully saturated rings. The Kier molecular flexibility index (Phi) is 3.76. The molecular weight excluding hydrogens is 359 g/mol. The summed E-state index contributed by atoms with van der Waals surface area (Å²) in [5.74, 6) is 0. The third-order valence-corrected chi connectivity index (χ3v) is 4.53. The number of aromatic nitrogens is 2. The molecule has 0 aliphatic heterocycles. The van der Waals surface area contributed by atoms with Crippen molar-refractivity contribution >= 4 is 50.2 Å². The van der Waals surface area contributed by atoms with Gasteiger partial charge >= 0.3 is 0 Å². The maximum Gasteiger partial charge on any atom is 0.178 e. The van der Waals surface area contributed by atoms with Gasteiger partial charge in [-0.15, -0.1) is 0 Å². The van der Waals surface area contributed by atoms with Gasteiger partial charge in [0.2, 0.25) is 0 Å². The minimum absolute atomic E-state index is 0.520. The highest BCUT2D eigenvalue weighted by atomic mass is 79.9. The molecule has 1 aromatic heterocycles. The number of rotatable bonds is 2. The van der Waals surface area contributed by atoms with Gasteiger partial charge in [-0.05, 0) is 40.5 Å². The Hall–Kier alpha value is -1.03. The Morgan fingerprint density at radius 2 is 1.75 bits per heavy atom. The molecule has 3 rings (SSSR count). The van der Waals surface area contributed by atoms with Gasteiger partial charge in [-0.25, -0.2) is 4.98 Å². The molecule has 102 valence electrons. The van der Waals surface area contributed by atoms with E-state index in [1.807, 2.05) is 6.07 Å². The standard InChI is InChI=1S/C15H11BrCl2N2/c1-9-2-4-10(5-3-9)8-20-14-7-12(18)11(17)6-13(14)19-15(20)16/h2-7H,8H2,1H3. The molecule has 20 heavy (non-hydrogen) atoms. The van der Waals surface area contributed by atoms with Crippen LogP contribution in [-0.2, 0) is 6.54 Å². The number of hydrogen-bond acceptors (Lipinski definition) is 1. The van der Waals surface area contributed by atoms with E-state index in [9.17, 15) is 0 Å². The topological polar surface area (TPSA) is 17.8 Å². The van der Waals surface area contributed by atoms with Crippen molar-refractivity contribution < 1.29 is 0 Å². The summed E-state index contributed by atoms with van der Waals surface area (Å²) in [7, 11) is 0. The minimum Gasteiger partial charge on any atom is -0.314 e. The molecular formula is C15H11BrCl2N2. The molecule has 0 aliphatic rings. The lowest BCUT2D eigenvalue weighted by molar-refractivity contribution is 0.800. The largest absolute Gasteiger partial charge is 0.314 e. The summed E-state index contributed by atoms with van der Waals surface area (Å²) in [5.41, 5.74) is 4.25. The van der Waals surface area contributed by atoms with E-state index in [1.165, 1.54) is 11.1 Å². The van der Waals surface area contributed by atoms with Gasteiger partial charge in [0.1, 0.15) is 0 Å². The molecule has 2 aromatic carbocycles. The van der Waals surface area contributed by atoms with Crippen molar-refractivity contribution in [1.82, 2.24) is 9.55 Å². The molecule has 0 unspecified atom stereocenters. The molecule has 5 heteroatoms. The van der Waals surface area contributed by atoms with Crippen molar-refractivity contribution in [3.63, 3.8) is 0 Å². The Balaban J connectivity index is 2.08. The van der Waals surface area contributed by atoms with Crippen LogP contribution in [0.5, 0.6) is 0 Å². The second kappa shape index (κ2) is 5.40. The zero-order valence-electron chi connectivity index (χ0n) is 10.7. The van der Waals surface area contributed by atoms with Crippen LogP contribution in [-0.4, -0.2) is 9.55 Å². The quantitative estimate of drug-likeness (QED) is 0.586. The number of imidazole rings is 1. The molecule has 1 heterocycles. The van der Waals surface area contributed by atoms with Crippen molar-refractivity contribution in [2.45, 2.75) is 13.5 Å². The number of fused-ring (bicyclic) bond motifs is 1. The summed E-state index contributed by atoms with van der Waals surface area (Å²) in [6.07, 6.45) is 0. The molecule has 2 nitrogen and oxygen atoms in total. The van der Waals surface area contributed by atoms with Gasteiger partial charge in [-0.1, -0.05) is 53.0 Å². The lowest BCUT2D eigenvalue weighted by Gasteiger charge is -2.07. The van der Waals surface area contributed by atoms with Gasteiger partial charge in [0.15, 0.2) is 4.73 Å². The fourth-order valence-electron chi connectivity index (χ4n) is 2.12. The lowest BCUT2D eigenvalue weighted by Crippen LogP contribution is -2.00. The molecule has 0 atom stereocenters. The van der Waals surface area contributed by atoms with E-state index in [-0.39, 0.29) is 0 Å². The third-order valence-electron chi connectivity index (χ3n) is 3.20. The normalized spacial score (nSPS) is 11.2. The van der Waals surface area contributed by atoms with E-state index < -0.39 is 0 Å². The van der Waals surface area contributed by atoms with Crippen LogP contribution in [0.1, 0.15) is 11.1 Å². The fraction of sp³-hybridized carbons (Fsp3) is 0.133. The highest BCUT2D eigenvalue weighted by Gasteiger charge is 2.11. The first kappa shape index (κ1) is 13.9. The Bertz CT molecular complexity index is 779. The van der Waals surface area contributed by atoms with Crippen LogP contribution in [0.2, 0.25) is 10.0 Å². The van der Waals surface area contributed by atoms with Crippen LogP contribution in [0.3, 0.4) is 0 Å². The summed E-state index contributed by atoms with van der Waals surface area (Å²) in [6.45, 7) is 2.81. The molecule has 0 radical (unpaired) electrons. The second-order valence-electron chi connectivity index (χ2n) is 4.71. The van der Waals surface area contributed by atoms with Crippen LogP contribution in [0.25, 0.3) is 11.0 Å². The van der Waals surface area contributed by atoms with Gasteiger partial charge in [-0.3, -0.25) is 0 Å². The van der Waals surface area contributed by atoms with Crippen LogP contribution in [0.15, 0.2) is 41.1 Å². The van der Waals surface area contributed by atoms with E-state index in [1.54, 1.807) is 6.07 Å². The predicted octanol–water partition coefficient (Wildman–Crippen LogP) is 5.46. The zero-order chi connectivity index (χ0) is 14.3. The van der Waals surface area contributed by atoms with Gasteiger partial charge in [0.25, 0.3) is 0 Å². The zero-order valence-corrected chi connectivity index (χ0v) is 13.8. The van der Waals surface area contributed by atoms with E-state index >= 15 is 0 Å². The molecule has 0 spiro atoms. The monoisotopic (exact) mass is 368 g/mol. The molecule has 0 N–H and O–H groups in total. The van der Waals surface area contributed by atoms with Crippen LogP contribution in [0, 0.1) is 6.92 Å². The average Bonchev–Trinajstić information content (AvgIpc) is 2.69. The third kappa shape index (κ3) is 2.58. The molecule has 3 aromatic rings. The highest BCUT2D eigenvalue weighted by Crippen LogP contribution is 2.30. The smallest absolute Gasteiger partial charge is 0.178 e. The highest BCUT2D eigenvalue weighted by molar-refractivity contribution is 9.10. The summed E-state index contributed by atoms with van der Waals surface area (Å²) < 4.78 is 2.84. The van der Waals surface area contributed by atoms with Gasteiger partial charge in [0.05, 0.1) is 27.6 Å². The van der Waals surface area contributed by atoms with Crippen molar-refractivity contribution in [3.05, 3.63) is 62.3 Å². The molecule has 0 saturated carbocycles. The number of nitrogens with zero attached hydrogens (tertiary/aromatic N) is 2. The number of hydrogen-bond donors (Lipinski definition) is 0. The number of benzene rings is 2. The number of halogens is 3. The molecule has 0 saturated heterocycles. The van der Waals surface area contributed by atoms with Gasteiger partial charge in [-0.2, -0.15) is 0 Å². The van der Waals surface area contributed by atoms with Crippen LogP contribution in [0.4, 0.5) is 0 Å². The number of aryl methyl sites for hydroxylation is 1. The lowest BCUT2D eigenvalue weighted by atomic mass is 10.1. The molecule has 0 bridgehead atoms. The average molecular weight is 370 g/mol. The summed E-state index contributed by atoms with van der Waals surface area (Å²) in [4.78, 5) is 4.47. The first-order chi connectivity index (χ1) is 9.54. The van der Waals surface area contributed by atoms with Crippen LogP contribution < -0.4 is 0 Å². The van der Waals surface area contributed by atoms with Crippen molar-refractivity contribution in [3.8, 4) is 0 Å². The van der Waals surface area contributed by atoms with Crippen LogP contribution >= 0.6 is 39.1 Å². The van der Waals surface area contributed by atoms with E-state index in [2.05, 4.69) is 56.7 Å². The van der Waals surface area contributed by atoms with Gasteiger partial charge < -0.3 is 4.57 Å². The van der Waals surface area contributed by atoms with E-state index in [4.69, 9.17) is 23.2 Å². The maximum absolute atomic E-state index is 6.10. The first-order valence-electron chi connectivity index (χ1n) is 6.11. The van der Waals surface area contributed by atoms with Crippen molar-refractivity contribution in [2.75, 3.05) is 0 Å².